The number of hydrogen-bond acceptors (Lipinski definition) is 2. The third kappa shape index (κ3) is 4.26. The fourth-order valence-electron chi connectivity index (χ4n) is 3.20. The number of carbonyl (C=O) groups is 1. The van der Waals surface area contributed by atoms with Crippen LogP contribution >= 0.6 is 12.4 Å². The van der Waals surface area contributed by atoms with Gasteiger partial charge in [-0.1, -0.05) is 24.3 Å². The van der Waals surface area contributed by atoms with Gasteiger partial charge >= 0.3 is 0 Å². The van der Waals surface area contributed by atoms with Gasteiger partial charge in [0, 0.05) is 18.8 Å². The fourth-order valence-corrected chi connectivity index (χ4v) is 3.20. The van der Waals surface area contributed by atoms with Crippen LogP contribution in [0.25, 0.3) is 0 Å². The number of anilines is 1. The molecule has 2 aromatic rings. The Hall–Kier alpha value is -2.07. The molecule has 2 aromatic carbocycles. The Balaban J connectivity index is 0.00000208. The van der Waals surface area contributed by atoms with Crippen LogP contribution in [0.1, 0.15) is 28.8 Å². The van der Waals surface area contributed by atoms with E-state index in [9.17, 15) is 9.18 Å². The van der Waals surface area contributed by atoms with Gasteiger partial charge in [0.05, 0.1) is 5.56 Å². The normalized spacial score (nSPS) is 15.0. The number of nitrogens with zero attached hydrogens (tertiary/aromatic N) is 1. The molecule has 0 radical (unpaired) electrons. The van der Waals surface area contributed by atoms with E-state index in [1.54, 1.807) is 24.3 Å². The van der Waals surface area contributed by atoms with Gasteiger partial charge in [-0.2, -0.15) is 0 Å². The number of carbonyl (C=O) groups excluding carboxylic acids is 1. The van der Waals surface area contributed by atoms with E-state index in [-0.39, 0.29) is 24.1 Å². The van der Waals surface area contributed by atoms with Crippen molar-refractivity contribution in [3.05, 3.63) is 65.5 Å². The van der Waals surface area contributed by atoms with E-state index in [0.29, 0.717) is 17.2 Å². The van der Waals surface area contributed by atoms with Gasteiger partial charge in [0.2, 0.25) is 0 Å². The van der Waals surface area contributed by atoms with Crippen molar-refractivity contribution < 1.29 is 9.18 Å². The van der Waals surface area contributed by atoms with Crippen LogP contribution in [-0.4, -0.2) is 23.9 Å². The molecule has 2 N–H and O–H groups in total. The van der Waals surface area contributed by atoms with Crippen molar-refractivity contribution >= 4 is 24.0 Å². The first-order valence-electron chi connectivity index (χ1n) is 8.01. The predicted molar refractivity (Wildman–Crippen MR) is 96.8 cm³/mol. The molecule has 1 fully saturated rings. The van der Waals surface area contributed by atoms with Crippen LogP contribution in [0.3, 0.4) is 0 Å². The molecule has 0 spiro atoms. The highest BCUT2D eigenvalue weighted by molar-refractivity contribution is 5.99. The average molecular weight is 349 g/mol. The number of para-hydroxylation sites is 1. The second kappa shape index (κ2) is 8.15. The Morgan fingerprint density at radius 2 is 1.83 bits per heavy atom. The minimum atomic E-state index is -0.185. The number of likely N-dealkylation sites (tertiary alicyclic amines) is 1. The van der Waals surface area contributed by atoms with Crippen LogP contribution in [0.15, 0.2) is 48.5 Å². The Morgan fingerprint density at radius 3 is 2.50 bits per heavy atom. The summed E-state index contributed by atoms with van der Waals surface area (Å²) in [7, 11) is 0. The molecule has 3 rings (SSSR count). The Labute approximate surface area is 148 Å². The van der Waals surface area contributed by atoms with Crippen LogP contribution < -0.4 is 5.73 Å². The number of piperidine rings is 1. The van der Waals surface area contributed by atoms with Gasteiger partial charge in [-0.05, 0) is 55.0 Å². The Kier molecular flexibility index (Phi) is 6.21. The summed E-state index contributed by atoms with van der Waals surface area (Å²) in [4.78, 5) is 14.4. The molecule has 1 heterocycles. The molecule has 0 aromatic heterocycles. The molecule has 3 nitrogen and oxygen atoms in total. The van der Waals surface area contributed by atoms with Crippen molar-refractivity contribution in [3.8, 4) is 0 Å². The van der Waals surface area contributed by atoms with Gasteiger partial charge in [-0.15, -0.1) is 12.4 Å². The topological polar surface area (TPSA) is 46.3 Å². The maximum atomic E-state index is 13.3. The molecule has 0 bridgehead atoms. The second-order valence-electron chi connectivity index (χ2n) is 6.16. The summed E-state index contributed by atoms with van der Waals surface area (Å²) in [6.45, 7) is 1.46. The van der Waals surface area contributed by atoms with E-state index in [1.807, 2.05) is 23.1 Å². The SMILES string of the molecule is Cl.Nc1ccccc1C(=O)N1CCC(Cc2cccc(F)c2)CC1. The van der Waals surface area contributed by atoms with E-state index in [4.69, 9.17) is 5.73 Å². The summed E-state index contributed by atoms with van der Waals surface area (Å²) >= 11 is 0. The molecule has 0 unspecified atom stereocenters. The number of rotatable bonds is 3. The van der Waals surface area contributed by atoms with E-state index in [2.05, 4.69) is 0 Å². The standard InChI is InChI=1S/C19H21FN2O.ClH/c20-16-5-3-4-15(13-16)12-14-8-10-22(11-9-14)19(23)17-6-1-2-7-18(17)21;/h1-7,13-14H,8-12,21H2;1H. The molecule has 5 heteroatoms. The van der Waals surface area contributed by atoms with Gasteiger partial charge in [-0.25, -0.2) is 4.39 Å². The number of amides is 1. The summed E-state index contributed by atoms with van der Waals surface area (Å²) in [5.74, 6) is 0.316. The predicted octanol–water partition coefficient (Wildman–Crippen LogP) is 3.92. The summed E-state index contributed by atoms with van der Waals surface area (Å²) in [5, 5.41) is 0. The average Bonchev–Trinajstić information content (AvgIpc) is 2.55. The molecule has 0 saturated carbocycles. The zero-order chi connectivity index (χ0) is 16.2. The Bertz CT molecular complexity index is 699. The van der Waals surface area contributed by atoms with Gasteiger partial charge in [0.15, 0.2) is 0 Å². The first kappa shape index (κ1) is 18.3. The third-order valence-electron chi connectivity index (χ3n) is 4.51. The maximum Gasteiger partial charge on any atom is 0.255 e. The molecule has 0 aliphatic carbocycles. The summed E-state index contributed by atoms with van der Waals surface area (Å²) in [6.07, 6.45) is 2.75. The zero-order valence-electron chi connectivity index (χ0n) is 13.5. The highest BCUT2D eigenvalue weighted by Crippen LogP contribution is 2.24. The van der Waals surface area contributed by atoms with Gasteiger partial charge in [-0.3, -0.25) is 4.79 Å². The summed E-state index contributed by atoms with van der Waals surface area (Å²) < 4.78 is 13.3. The maximum absolute atomic E-state index is 13.3. The van der Waals surface area contributed by atoms with Crippen molar-refractivity contribution in [2.45, 2.75) is 19.3 Å². The quantitative estimate of drug-likeness (QED) is 0.854. The Morgan fingerprint density at radius 1 is 1.12 bits per heavy atom. The minimum Gasteiger partial charge on any atom is -0.398 e. The van der Waals surface area contributed by atoms with E-state index < -0.39 is 0 Å². The van der Waals surface area contributed by atoms with Gasteiger partial charge < -0.3 is 10.6 Å². The van der Waals surface area contributed by atoms with Crippen molar-refractivity contribution in [2.75, 3.05) is 18.8 Å². The van der Waals surface area contributed by atoms with E-state index in [0.717, 1.165) is 37.9 Å². The monoisotopic (exact) mass is 348 g/mol. The van der Waals surface area contributed by atoms with Crippen molar-refractivity contribution in [1.82, 2.24) is 4.90 Å². The fraction of sp³-hybridized carbons (Fsp3) is 0.316. The number of halogens is 2. The van der Waals surface area contributed by atoms with Crippen LogP contribution in [-0.2, 0) is 6.42 Å². The molecule has 0 atom stereocenters. The molecule has 1 aliphatic rings. The number of nitrogens with two attached hydrogens (primary N) is 1. The first-order chi connectivity index (χ1) is 11.1. The van der Waals surface area contributed by atoms with Crippen LogP contribution in [0.2, 0.25) is 0 Å². The molecule has 1 amide bonds. The number of benzene rings is 2. The smallest absolute Gasteiger partial charge is 0.255 e. The summed E-state index contributed by atoms with van der Waals surface area (Å²) in [6, 6.07) is 14.0. The van der Waals surface area contributed by atoms with E-state index in [1.165, 1.54) is 6.07 Å². The van der Waals surface area contributed by atoms with Crippen LogP contribution in [0, 0.1) is 11.7 Å². The van der Waals surface area contributed by atoms with Crippen molar-refractivity contribution in [1.29, 1.82) is 0 Å². The van der Waals surface area contributed by atoms with Crippen molar-refractivity contribution in [2.24, 2.45) is 5.92 Å². The highest BCUT2D eigenvalue weighted by atomic mass is 35.5. The number of hydrogen-bond donors (Lipinski definition) is 1. The first-order valence-corrected chi connectivity index (χ1v) is 8.01. The van der Waals surface area contributed by atoms with Gasteiger partial charge in [0.1, 0.15) is 5.82 Å². The zero-order valence-corrected chi connectivity index (χ0v) is 14.3. The van der Waals surface area contributed by atoms with Gasteiger partial charge in [0.25, 0.3) is 5.91 Å². The van der Waals surface area contributed by atoms with Crippen molar-refractivity contribution in [3.63, 3.8) is 0 Å². The molecule has 128 valence electrons. The lowest BCUT2D eigenvalue weighted by Crippen LogP contribution is -2.39. The molecule has 1 aliphatic heterocycles. The third-order valence-corrected chi connectivity index (χ3v) is 4.51. The molecule has 24 heavy (non-hydrogen) atoms. The van der Waals surface area contributed by atoms with Crippen LogP contribution in [0.4, 0.5) is 10.1 Å². The summed E-state index contributed by atoms with van der Waals surface area (Å²) in [5.41, 5.74) is 8.03. The van der Waals surface area contributed by atoms with E-state index >= 15 is 0 Å². The largest absolute Gasteiger partial charge is 0.398 e. The van der Waals surface area contributed by atoms with Crippen LogP contribution in [0.5, 0.6) is 0 Å². The second-order valence-corrected chi connectivity index (χ2v) is 6.16. The molecule has 1 saturated heterocycles. The lowest BCUT2D eigenvalue weighted by atomic mass is 9.90. The molecular formula is C19H22ClFN2O. The highest BCUT2D eigenvalue weighted by Gasteiger charge is 2.24. The lowest BCUT2D eigenvalue weighted by Gasteiger charge is -2.32. The minimum absolute atomic E-state index is 0. The molecular weight excluding hydrogens is 327 g/mol. The number of nitrogen functional groups attached to an aromatic ring is 1. The lowest BCUT2D eigenvalue weighted by molar-refractivity contribution is 0.0691.